The standard InChI is InChI=1S/C31H34N2O4/c1-6-22-13-15-23(16-14-22)29(34)25-11-9-10-12-26(25)30(35)32-19-24(7-2)33(31(36)37-8-3)28-18-21(5)20(4)17-27(28)32/h9-18,24H,6-8,19H2,1-5H3. The van der Waals surface area contributed by atoms with Crippen molar-refractivity contribution in [1.29, 1.82) is 0 Å². The first-order chi connectivity index (χ1) is 17.8. The highest BCUT2D eigenvalue weighted by Gasteiger charge is 2.38. The summed E-state index contributed by atoms with van der Waals surface area (Å²) in [5.41, 5.74) is 5.71. The van der Waals surface area contributed by atoms with Gasteiger partial charge in [0, 0.05) is 17.7 Å². The zero-order valence-electron chi connectivity index (χ0n) is 22.2. The van der Waals surface area contributed by atoms with Crippen LogP contribution in [0.5, 0.6) is 0 Å². The van der Waals surface area contributed by atoms with E-state index in [1.54, 1.807) is 41.0 Å². The lowest BCUT2D eigenvalue weighted by molar-refractivity contribution is 0.0967. The van der Waals surface area contributed by atoms with E-state index >= 15 is 0 Å². The van der Waals surface area contributed by atoms with Gasteiger partial charge in [0.15, 0.2) is 5.78 Å². The highest BCUT2D eigenvalue weighted by Crippen LogP contribution is 2.40. The van der Waals surface area contributed by atoms with Gasteiger partial charge >= 0.3 is 6.09 Å². The second-order valence-electron chi connectivity index (χ2n) is 9.40. The average molecular weight is 499 g/mol. The third-order valence-corrected chi connectivity index (χ3v) is 7.11. The zero-order chi connectivity index (χ0) is 26.7. The van der Waals surface area contributed by atoms with Gasteiger partial charge in [-0.05, 0) is 68.5 Å². The van der Waals surface area contributed by atoms with E-state index in [9.17, 15) is 14.4 Å². The van der Waals surface area contributed by atoms with Gasteiger partial charge in [-0.25, -0.2) is 4.79 Å². The fraction of sp³-hybridized carbons (Fsp3) is 0.323. The minimum Gasteiger partial charge on any atom is -0.449 e. The third kappa shape index (κ3) is 5.01. The van der Waals surface area contributed by atoms with Gasteiger partial charge in [0.2, 0.25) is 0 Å². The lowest BCUT2D eigenvalue weighted by Gasteiger charge is -2.42. The summed E-state index contributed by atoms with van der Waals surface area (Å²) in [6, 6.07) is 18.1. The monoisotopic (exact) mass is 498 g/mol. The molecule has 0 saturated carbocycles. The Balaban J connectivity index is 1.79. The first kappa shape index (κ1) is 26.1. The molecule has 6 heteroatoms. The number of benzene rings is 3. The van der Waals surface area contributed by atoms with Crippen molar-refractivity contribution in [1.82, 2.24) is 0 Å². The zero-order valence-corrected chi connectivity index (χ0v) is 22.2. The van der Waals surface area contributed by atoms with Crippen LogP contribution in [0.2, 0.25) is 0 Å². The molecule has 0 bridgehead atoms. The van der Waals surface area contributed by atoms with Crippen LogP contribution in [0.4, 0.5) is 16.2 Å². The van der Waals surface area contributed by atoms with Crippen molar-refractivity contribution in [3.8, 4) is 0 Å². The number of anilines is 2. The molecule has 0 N–H and O–H groups in total. The topological polar surface area (TPSA) is 66.9 Å². The highest BCUT2D eigenvalue weighted by atomic mass is 16.6. The van der Waals surface area contributed by atoms with Crippen LogP contribution in [0.1, 0.15) is 70.2 Å². The maximum atomic E-state index is 14.1. The van der Waals surface area contributed by atoms with Crippen molar-refractivity contribution in [2.45, 2.75) is 53.5 Å². The Bertz CT molecular complexity index is 1330. The summed E-state index contributed by atoms with van der Waals surface area (Å²) >= 11 is 0. The SMILES string of the molecule is CCOC(=O)N1c2cc(C)c(C)cc2N(C(=O)c2ccccc2C(=O)c2ccc(CC)cc2)CC1CC. The van der Waals surface area contributed by atoms with Crippen LogP contribution in [-0.4, -0.2) is 37.0 Å². The summed E-state index contributed by atoms with van der Waals surface area (Å²) in [4.78, 5) is 44.0. The molecule has 0 spiro atoms. The quantitative estimate of drug-likeness (QED) is 0.364. The van der Waals surface area contributed by atoms with Gasteiger partial charge < -0.3 is 9.64 Å². The van der Waals surface area contributed by atoms with E-state index in [0.717, 1.165) is 23.1 Å². The summed E-state index contributed by atoms with van der Waals surface area (Å²) < 4.78 is 5.38. The minimum atomic E-state index is -0.419. The van der Waals surface area contributed by atoms with Crippen molar-refractivity contribution in [3.05, 3.63) is 94.0 Å². The Morgan fingerprint density at radius 3 is 2.08 bits per heavy atom. The van der Waals surface area contributed by atoms with Crippen LogP contribution in [0, 0.1) is 13.8 Å². The molecule has 0 saturated heterocycles. The van der Waals surface area contributed by atoms with E-state index < -0.39 is 6.09 Å². The molecule has 0 aliphatic carbocycles. The number of ketones is 1. The lowest BCUT2D eigenvalue weighted by atomic mass is 9.95. The van der Waals surface area contributed by atoms with Crippen LogP contribution in [0.25, 0.3) is 0 Å². The Kier molecular flexibility index (Phi) is 7.77. The summed E-state index contributed by atoms with van der Waals surface area (Å²) in [6.45, 7) is 10.4. The summed E-state index contributed by atoms with van der Waals surface area (Å²) in [5.74, 6) is -0.454. The molecular formula is C31H34N2O4. The van der Waals surface area contributed by atoms with Crippen molar-refractivity contribution in [2.75, 3.05) is 23.0 Å². The number of rotatable bonds is 6. The first-order valence-electron chi connectivity index (χ1n) is 12.9. The second-order valence-corrected chi connectivity index (χ2v) is 9.40. The largest absolute Gasteiger partial charge is 0.449 e. The smallest absolute Gasteiger partial charge is 0.414 e. The first-order valence-corrected chi connectivity index (χ1v) is 12.9. The molecule has 1 aliphatic heterocycles. The molecule has 192 valence electrons. The highest BCUT2D eigenvalue weighted by molar-refractivity contribution is 6.19. The maximum absolute atomic E-state index is 14.1. The Morgan fingerprint density at radius 1 is 0.865 bits per heavy atom. The molecule has 6 nitrogen and oxygen atoms in total. The number of carbonyl (C=O) groups excluding carboxylic acids is 3. The molecular weight excluding hydrogens is 464 g/mol. The molecule has 1 heterocycles. The maximum Gasteiger partial charge on any atom is 0.414 e. The molecule has 3 aromatic carbocycles. The molecule has 0 radical (unpaired) electrons. The van der Waals surface area contributed by atoms with Crippen LogP contribution < -0.4 is 9.80 Å². The van der Waals surface area contributed by atoms with Crippen LogP contribution >= 0.6 is 0 Å². The number of ether oxygens (including phenoxy) is 1. The van der Waals surface area contributed by atoms with Gasteiger partial charge in [-0.1, -0.05) is 56.3 Å². The van der Waals surface area contributed by atoms with Gasteiger partial charge in [0.05, 0.1) is 29.6 Å². The Labute approximate surface area is 218 Å². The third-order valence-electron chi connectivity index (χ3n) is 7.11. The van der Waals surface area contributed by atoms with E-state index in [2.05, 4.69) is 6.92 Å². The van der Waals surface area contributed by atoms with Gasteiger partial charge in [-0.3, -0.25) is 14.5 Å². The number of carbonyl (C=O) groups is 3. The predicted molar refractivity (Wildman–Crippen MR) is 147 cm³/mol. The van der Waals surface area contributed by atoms with Crippen LogP contribution in [0.3, 0.4) is 0 Å². The molecule has 1 unspecified atom stereocenters. The number of nitrogens with zero attached hydrogens (tertiary/aromatic N) is 2. The molecule has 37 heavy (non-hydrogen) atoms. The predicted octanol–water partition coefficient (Wildman–Crippen LogP) is 6.50. The number of hydrogen-bond acceptors (Lipinski definition) is 4. The molecule has 4 rings (SSSR count). The molecule has 3 aromatic rings. The van der Waals surface area contributed by atoms with E-state index in [0.29, 0.717) is 41.0 Å². The number of hydrogen-bond donors (Lipinski definition) is 0. The van der Waals surface area contributed by atoms with E-state index in [1.807, 2.05) is 57.2 Å². The van der Waals surface area contributed by atoms with Crippen molar-refractivity contribution in [2.24, 2.45) is 0 Å². The van der Waals surface area contributed by atoms with Crippen LogP contribution in [-0.2, 0) is 11.2 Å². The fourth-order valence-corrected chi connectivity index (χ4v) is 4.79. The lowest BCUT2D eigenvalue weighted by Crippen LogP contribution is -2.53. The molecule has 1 atom stereocenters. The summed E-state index contributed by atoms with van der Waals surface area (Å²) in [6.07, 6.45) is 1.11. The van der Waals surface area contributed by atoms with Gasteiger partial charge in [-0.15, -0.1) is 0 Å². The Morgan fingerprint density at radius 2 is 1.49 bits per heavy atom. The van der Waals surface area contributed by atoms with E-state index in [-0.39, 0.29) is 24.3 Å². The molecule has 1 aliphatic rings. The van der Waals surface area contributed by atoms with Crippen LogP contribution in [0.15, 0.2) is 60.7 Å². The Hall–Kier alpha value is -3.93. The second kappa shape index (κ2) is 11.0. The normalized spacial score (nSPS) is 14.8. The van der Waals surface area contributed by atoms with E-state index in [1.165, 1.54) is 0 Å². The van der Waals surface area contributed by atoms with Crippen molar-refractivity contribution < 1.29 is 19.1 Å². The number of fused-ring (bicyclic) bond motifs is 1. The minimum absolute atomic E-state index is 0.191. The van der Waals surface area contributed by atoms with Gasteiger partial charge in [0.1, 0.15) is 0 Å². The fourth-order valence-electron chi connectivity index (χ4n) is 4.79. The molecule has 0 fully saturated rings. The van der Waals surface area contributed by atoms with Crippen molar-refractivity contribution in [3.63, 3.8) is 0 Å². The average Bonchev–Trinajstić information content (AvgIpc) is 2.92. The van der Waals surface area contributed by atoms with E-state index in [4.69, 9.17) is 4.74 Å². The molecule has 0 aromatic heterocycles. The number of amides is 2. The summed E-state index contributed by atoms with van der Waals surface area (Å²) in [5, 5.41) is 0. The summed E-state index contributed by atoms with van der Waals surface area (Å²) in [7, 11) is 0. The van der Waals surface area contributed by atoms with Gasteiger partial charge in [0.25, 0.3) is 5.91 Å². The van der Waals surface area contributed by atoms with Crippen molar-refractivity contribution >= 4 is 29.2 Å². The molecule has 2 amide bonds. The number of aryl methyl sites for hydroxylation is 3. The van der Waals surface area contributed by atoms with Gasteiger partial charge in [-0.2, -0.15) is 0 Å².